The van der Waals surface area contributed by atoms with Gasteiger partial charge in [0, 0.05) is 50.4 Å². The molecular formula is C47H71NO17. The quantitative estimate of drug-likeness (QED) is 0.175. The molecule has 3 aliphatic rings. The molecule has 2 bridgehead atoms. The third kappa shape index (κ3) is 18.5. The normalized spacial score (nSPS) is 40.9. The highest BCUT2D eigenvalue weighted by atomic mass is 16.7. The number of carboxylic acids is 1. The molecule has 0 aromatic carbocycles. The first-order valence-corrected chi connectivity index (χ1v) is 22.2. The molecule has 0 radical (unpaired) electrons. The number of hydrogen-bond acceptors (Lipinski definition) is 17. The van der Waals surface area contributed by atoms with E-state index in [4.69, 9.17) is 24.7 Å². The molecule has 0 aliphatic carbocycles. The average Bonchev–Trinajstić information content (AvgIpc) is 3.21. The van der Waals surface area contributed by atoms with E-state index in [-0.39, 0.29) is 31.6 Å². The Morgan fingerprint density at radius 2 is 1.23 bits per heavy atom. The van der Waals surface area contributed by atoms with Crippen LogP contribution in [0, 0.1) is 17.8 Å². The van der Waals surface area contributed by atoms with E-state index in [0.29, 0.717) is 0 Å². The van der Waals surface area contributed by atoms with Crippen molar-refractivity contribution in [3.8, 4) is 0 Å². The molecule has 0 saturated carbocycles. The zero-order chi connectivity index (χ0) is 48.4. The predicted molar refractivity (Wildman–Crippen MR) is 236 cm³/mol. The maximum atomic E-state index is 12.7. The van der Waals surface area contributed by atoms with Gasteiger partial charge in [-0.2, -0.15) is 0 Å². The predicted octanol–water partition coefficient (Wildman–Crippen LogP) is 0.920. The van der Waals surface area contributed by atoms with Crippen molar-refractivity contribution in [2.45, 2.75) is 170 Å². The van der Waals surface area contributed by atoms with Gasteiger partial charge in [0.25, 0.3) is 0 Å². The van der Waals surface area contributed by atoms with Crippen molar-refractivity contribution < 1.29 is 84.4 Å². The highest BCUT2D eigenvalue weighted by molar-refractivity contribution is 5.78. The van der Waals surface area contributed by atoms with E-state index < -0.39 is 147 Å². The standard InChI is InChI=1S/C47H71NO17/c1-27-17-15-13-11-9-7-5-6-8-10-12-14-16-18-34(64-46-44(58)41(48)43(57)30(4)63-46)24-38-40(45(59)60)37(54)26-47(61,65-38)25-36(53)35(52)20-19-31(49)21-32(50)22-33(51)23-39(55)62-29(3)28(2)42(27)56/h5-18,27-30,32-38,40-44,46,50-54,56-58,61H,19-26,48H2,1-4H3,(H,59,60)/t27-,28-,29-,30?,32+,33+,34-,35+,36+,37-,38?,40+,41?,42+,43?,44?,46?,47+/m0/s1. The molecule has 0 amide bonds. The lowest BCUT2D eigenvalue weighted by atomic mass is 9.82. The third-order valence-electron chi connectivity index (χ3n) is 11.9. The Bertz CT molecular complexity index is 1710. The molecule has 3 heterocycles. The van der Waals surface area contributed by atoms with E-state index in [1.54, 1.807) is 86.8 Å². The molecule has 0 aromatic heterocycles. The maximum Gasteiger partial charge on any atom is 0.311 e. The number of fused-ring (bicyclic) bond motifs is 2. The minimum Gasteiger partial charge on any atom is -0.481 e. The topological polar surface area (TPSA) is 316 Å². The van der Waals surface area contributed by atoms with E-state index in [1.807, 2.05) is 13.0 Å². The minimum absolute atomic E-state index is 0.291. The van der Waals surface area contributed by atoms with Gasteiger partial charge in [-0.3, -0.25) is 14.4 Å². The fraction of sp³-hybridized carbons (Fsp3) is 0.638. The van der Waals surface area contributed by atoms with Gasteiger partial charge in [0.05, 0.1) is 73.5 Å². The van der Waals surface area contributed by atoms with E-state index in [2.05, 4.69) is 0 Å². The van der Waals surface area contributed by atoms with Crippen LogP contribution < -0.4 is 5.73 Å². The molecular weight excluding hydrogens is 851 g/mol. The van der Waals surface area contributed by atoms with Gasteiger partial charge in [-0.15, -0.1) is 0 Å². The number of aliphatic hydroxyl groups is 9. The summed E-state index contributed by atoms with van der Waals surface area (Å²) in [6, 6.07) is -1.15. The monoisotopic (exact) mass is 921 g/mol. The summed E-state index contributed by atoms with van der Waals surface area (Å²) in [5.41, 5.74) is 6.01. The van der Waals surface area contributed by atoms with Crippen LogP contribution in [0.5, 0.6) is 0 Å². The Morgan fingerprint density at radius 3 is 1.82 bits per heavy atom. The Kier molecular flexibility index (Phi) is 23.2. The summed E-state index contributed by atoms with van der Waals surface area (Å²) in [7, 11) is 0. The van der Waals surface area contributed by atoms with Crippen LogP contribution in [0.1, 0.15) is 79.1 Å². The minimum atomic E-state index is -2.38. The molecule has 3 rings (SSSR count). The first kappa shape index (κ1) is 55.6. The second kappa shape index (κ2) is 27.2. The van der Waals surface area contributed by atoms with Crippen LogP contribution in [0.15, 0.2) is 85.1 Å². The molecule has 0 spiro atoms. The summed E-state index contributed by atoms with van der Waals surface area (Å²) in [4.78, 5) is 37.8. The van der Waals surface area contributed by atoms with Crippen molar-refractivity contribution in [1.29, 1.82) is 0 Å². The summed E-state index contributed by atoms with van der Waals surface area (Å²) >= 11 is 0. The molecule has 366 valence electrons. The second-order valence-corrected chi connectivity index (χ2v) is 17.4. The highest BCUT2D eigenvalue weighted by Gasteiger charge is 2.51. The third-order valence-corrected chi connectivity index (χ3v) is 11.9. The molecule has 0 aromatic rings. The molecule has 18 atom stereocenters. The van der Waals surface area contributed by atoms with Crippen LogP contribution in [-0.2, 0) is 33.3 Å². The fourth-order valence-corrected chi connectivity index (χ4v) is 7.82. The number of hydrogen-bond donors (Lipinski definition) is 11. The lowest BCUT2D eigenvalue weighted by Gasteiger charge is -2.45. The van der Waals surface area contributed by atoms with Gasteiger partial charge in [0.2, 0.25) is 0 Å². The Hall–Kier alpha value is -3.73. The summed E-state index contributed by atoms with van der Waals surface area (Å²) in [5.74, 6) is -7.51. The number of aliphatic carboxylic acids is 1. The summed E-state index contributed by atoms with van der Waals surface area (Å²) in [5, 5.41) is 107. The van der Waals surface area contributed by atoms with Gasteiger partial charge in [-0.25, -0.2) is 0 Å². The van der Waals surface area contributed by atoms with Crippen LogP contribution in [0.2, 0.25) is 0 Å². The Labute approximate surface area is 380 Å². The van der Waals surface area contributed by atoms with Crippen molar-refractivity contribution in [3.63, 3.8) is 0 Å². The first-order valence-electron chi connectivity index (χ1n) is 22.2. The smallest absolute Gasteiger partial charge is 0.311 e. The number of cyclic esters (lactones) is 1. The van der Waals surface area contributed by atoms with E-state index >= 15 is 0 Å². The molecule has 6 unspecified atom stereocenters. The van der Waals surface area contributed by atoms with Gasteiger partial charge in [-0.1, -0.05) is 98.9 Å². The van der Waals surface area contributed by atoms with E-state index in [9.17, 15) is 65.4 Å². The maximum absolute atomic E-state index is 12.7. The number of rotatable bonds is 3. The average molecular weight is 922 g/mol. The molecule has 2 fully saturated rings. The van der Waals surface area contributed by atoms with Gasteiger partial charge in [0.15, 0.2) is 12.1 Å². The number of nitrogens with two attached hydrogens (primary N) is 1. The number of Topliss-reactive ketones (excluding diaryl/α,β-unsaturated/α-hetero) is 1. The number of ketones is 1. The molecule has 2 saturated heterocycles. The second-order valence-electron chi connectivity index (χ2n) is 17.4. The van der Waals surface area contributed by atoms with Gasteiger partial charge < -0.3 is 75.7 Å². The first-order chi connectivity index (χ1) is 30.6. The number of allylic oxidation sites excluding steroid dienone is 12. The molecule has 3 aliphatic heterocycles. The molecule has 18 heteroatoms. The van der Waals surface area contributed by atoms with Crippen molar-refractivity contribution in [2.24, 2.45) is 23.5 Å². The van der Waals surface area contributed by atoms with Gasteiger partial charge >= 0.3 is 11.9 Å². The number of ether oxygens (including phenoxy) is 4. The fourth-order valence-electron chi connectivity index (χ4n) is 7.82. The number of aliphatic hydroxyl groups excluding tert-OH is 8. The Morgan fingerprint density at radius 1 is 0.692 bits per heavy atom. The van der Waals surface area contributed by atoms with E-state index in [0.717, 1.165) is 0 Å². The lowest BCUT2D eigenvalue weighted by Crippen LogP contribution is -2.61. The summed E-state index contributed by atoms with van der Waals surface area (Å²) in [6.45, 7) is 6.70. The number of esters is 1. The van der Waals surface area contributed by atoms with Crippen LogP contribution in [0.3, 0.4) is 0 Å². The Balaban J connectivity index is 1.86. The van der Waals surface area contributed by atoms with Crippen LogP contribution >= 0.6 is 0 Å². The molecule has 12 N–H and O–H groups in total. The zero-order valence-corrected chi connectivity index (χ0v) is 37.5. The summed E-state index contributed by atoms with van der Waals surface area (Å²) < 4.78 is 23.1. The molecule has 18 nitrogen and oxygen atoms in total. The van der Waals surface area contributed by atoms with E-state index in [1.165, 1.54) is 13.0 Å². The largest absolute Gasteiger partial charge is 0.481 e. The number of carbonyl (C=O) groups is 3. The van der Waals surface area contributed by atoms with Crippen LogP contribution in [-0.4, -0.2) is 160 Å². The SMILES string of the molecule is CC1OC(O[C@H]2C=CC=CC=CC=CC=CC=CC=C[C@H](C)[C@@H](O)[C@@H](C)[C@H](C)OC(=O)C[C@H](O)C[C@H](O)CC(=O)CC[C@@H](O)[C@H](O)C[C@]3(O)C[C@H](O)[C@@H](C(=O)O)C(C2)O3)C(O)C(N)C1O. The van der Waals surface area contributed by atoms with Gasteiger partial charge in [0.1, 0.15) is 23.9 Å². The highest BCUT2D eigenvalue weighted by Crippen LogP contribution is 2.38. The molecule has 65 heavy (non-hydrogen) atoms. The van der Waals surface area contributed by atoms with Crippen molar-refractivity contribution >= 4 is 17.7 Å². The number of carbonyl (C=O) groups excluding carboxylic acids is 2. The van der Waals surface area contributed by atoms with Crippen molar-refractivity contribution in [2.75, 3.05) is 0 Å². The zero-order valence-electron chi connectivity index (χ0n) is 37.5. The van der Waals surface area contributed by atoms with Crippen LogP contribution in [0.25, 0.3) is 0 Å². The summed E-state index contributed by atoms with van der Waals surface area (Å²) in [6.07, 6.45) is 3.67. The van der Waals surface area contributed by atoms with Gasteiger partial charge in [-0.05, 0) is 20.3 Å². The van der Waals surface area contributed by atoms with Crippen LogP contribution in [0.4, 0.5) is 0 Å². The van der Waals surface area contributed by atoms with Crippen molar-refractivity contribution in [3.05, 3.63) is 85.1 Å². The number of carboxylic acid groups (broad SMARTS) is 1. The van der Waals surface area contributed by atoms with Crippen molar-refractivity contribution in [1.82, 2.24) is 0 Å². The lowest BCUT2D eigenvalue weighted by molar-refractivity contribution is -0.310.